The first kappa shape index (κ1) is 10.3. The van der Waals surface area contributed by atoms with Gasteiger partial charge in [0.05, 0.1) is 5.69 Å². The van der Waals surface area contributed by atoms with Gasteiger partial charge in [-0.2, -0.15) is 0 Å². The monoisotopic (exact) mass is 221 g/mol. The van der Waals surface area contributed by atoms with Crippen molar-refractivity contribution in [3.05, 3.63) is 18.0 Å². The number of nitrogens with zero attached hydrogens (tertiary/aromatic N) is 1. The minimum absolute atomic E-state index is 0.0538. The fourth-order valence-electron chi connectivity index (χ4n) is 1.02. The van der Waals surface area contributed by atoms with Crippen LogP contribution in [-0.4, -0.2) is 18.8 Å². The summed E-state index contributed by atoms with van der Waals surface area (Å²) in [4.78, 5) is 10.9. The molecule has 0 fully saturated rings. The highest BCUT2D eigenvalue weighted by Gasteiger charge is 2.15. The quantitative estimate of drug-likeness (QED) is 0.556. The molecule has 0 aromatic carbocycles. The summed E-state index contributed by atoms with van der Waals surface area (Å²) in [5.74, 6) is -0.200. The molecule has 6 heteroatoms. The van der Waals surface area contributed by atoms with E-state index in [1.54, 1.807) is 7.05 Å². The molecule has 0 saturated carbocycles. The van der Waals surface area contributed by atoms with Gasteiger partial charge in [0.25, 0.3) is 9.05 Å². The Balaban J connectivity index is 3.33. The van der Waals surface area contributed by atoms with Gasteiger partial charge in [0, 0.05) is 30.9 Å². The maximum atomic E-state index is 10.9. The molecular weight excluding hydrogens is 214 g/mol. The number of aryl methyl sites for hydroxylation is 1. The Morgan fingerprint density at radius 3 is 2.31 bits per heavy atom. The molecule has 0 aliphatic heterocycles. The van der Waals surface area contributed by atoms with Gasteiger partial charge in [-0.3, -0.25) is 4.79 Å². The van der Waals surface area contributed by atoms with E-state index >= 15 is 0 Å². The van der Waals surface area contributed by atoms with Crippen molar-refractivity contribution in [1.29, 1.82) is 0 Å². The van der Waals surface area contributed by atoms with Crippen LogP contribution in [0.3, 0.4) is 0 Å². The van der Waals surface area contributed by atoms with Gasteiger partial charge in [-0.05, 0) is 6.07 Å². The highest BCUT2D eigenvalue weighted by atomic mass is 35.7. The van der Waals surface area contributed by atoms with E-state index in [-0.39, 0.29) is 10.7 Å². The van der Waals surface area contributed by atoms with Crippen LogP contribution in [-0.2, 0) is 16.1 Å². The Morgan fingerprint density at radius 1 is 1.54 bits per heavy atom. The van der Waals surface area contributed by atoms with E-state index in [1.807, 2.05) is 0 Å². The van der Waals surface area contributed by atoms with Crippen LogP contribution in [0.1, 0.15) is 17.4 Å². The lowest BCUT2D eigenvalue weighted by Crippen LogP contribution is -1.99. The minimum Gasteiger partial charge on any atom is -0.347 e. The summed E-state index contributed by atoms with van der Waals surface area (Å²) in [5, 5.41) is 0. The molecule has 1 aromatic rings. The number of Topliss-reactive ketones (excluding diaryl/α,β-unsaturated/α-hetero) is 1. The van der Waals surface area contributed by atoms with E-state index in [1.165, 1.54) is 23.8 Å². The average Bonchev–Trinajstić information content (AvgIpc) is 2.29. The predicted octanol–water partition coefficient (Wildman–Crippen LogP) is 1.16. The molecule has 0 amide bonds. The highest BCUT2D eigenvalue weighted by molar-refractivity contribution is 8.13. The van der Waals surface area contributed by atoms with Crippen LogP contribution in [0.25, 0.3) is 0 Å². The van der Waals surface area contributed by atoms with Crippen LogP contribution in [0, 0.1) is 0 Å². The Morgan fingerprint density at radius 2 is 2.08 bits per heavy atom. The van der Waals surface area contributed by atoms with Crippen molar-refractivity contribution in [2.75, 3.05) is 0 Å². The van der Waals surface area contributed by atoms with Gasteiger partial charge < -0.3 is 4.57 Å². The zero-order valence-electron chi connectivity index (χ0n) is 7.11. The second-order valence-electron chi connectivity index (χ2n) is 2.67. The van der Waals surface area contributed by atoms with Crippen LogP contribution in [0.2, 0.25) is 0 Å². The summed E-state index contributed by atoms with van der Waals surface area (Å²) in [5.41, 5.74) is 0.319. The van der Waals surface area contributed by atoms with E-state index < -0.39 is 9.05 Å². The summed E-state index contributed by atoms with van der Waals surface area (Å²) in [6, 6.07) is 1.25. The SMILES string of the molecule is CC(=O)c1cc(S(=O)(=O)Cl)cn1C. The van der Waals surface area contributed by atoms with E-state index in [4.69, 9.17) is 10.7 Å². The van der Waals surface area contributed by atoms with E-state index in [0.29, 0.717) is 5.69 Å². The Kier molecular flexibility index (Phi) is 2.49. The molecule has 0 unspecified atom stereocenters. The van der Waals surface area contributed by atoms with Crippen molar-refractivity contribution in [3.63, 3.8) is 0 Å². The third-order valence-electron chi connectivity index (χ3n) is 1.62. The molecule has 1 heterocycles. The standard InChI is InChI=1S/C7H8ClNO3S/c1-5(10)7-3-6(4-9(7)2)13(8,11)12/h3-4H,1-2H3. The van der Waals surface area contributed by atoms with Gasteiger partial charge in [0.15, 0.2) is 5.78 Å². The molecule has 13 heavy (non-hydrogen) atoms. The van der Waals surface area contributed by atoms with Crippen molar-refractivity contribution in [2.24, 2.45) is 7.05 Å². The number of carbonyl (C=O) groups excluding carboxylic acids is 1. The lowest BCUT2D eigenvalue weighted by Gasteiger charge is -1.94. The fraction of sp³-hybridized carbons (Fsp3) is 0.286. The van der Waals surface area contributed by atoms with E-state index in [9.17, 15) is 13.2 Å². The number of carbonyl (C=O) groups is 1. The molecule has 0 aliphatic carbocycles. The van der Waals surface area contributed by atoms with Crippen LogP contribution >= 0.6 is 10.7 Å². The van der Waals surface area contributed by atoms with Crippen LogP contribution in [0.5, 0.6) is 0 Å². The van der Waals surface area contributed by atoms with Gasteiger partial charge in [0.1, 0.15) is 4.90 Å². The number of ketones is 1. The maximum absolute atomic E-state index is 10.9. The number of hydrogen-bond acceptors (Lipinski definition) is 3. The summed E-state index contributed by atoms with van der Waals surface area (Å²) < 4.78 is 23.2. The normalized spacial score (nSPS) is 11.6. The summed E-state index contributed by atoms with van der Waals surface area (Å²) in [7, 11) is 2.94. The number of rotatable bonds is 2. The van der Waals surface area contributed by atoms with Gasteiger partial charge in [-0.15, -0.1) is 0 Å². The van der Waals surface area contributed by atoms with Crippen molar-refractivity contribution in [1.82, 2.24) is 4.57 Å². The van der Waals surface area contributed by atoms with Gasteiger partial charge in [0.2, 0.25) is 0 Å². The maximum Gasteiger partial charge on any atom is 0.262 e. The highest BCUT2D eigenvalue weighted by Crippen LogP contribution is 2.17. The number of halogens is 1. The molecule has 0 spiro atoms. The summed E-state index contributed by atoms with van der Waals surface area (Å²) in [6.45, 7) is 1.36. The molecule has 0 bridgehead atoms. The Labute approximate surface area is 80.5 Å². The molecular formula is C7H8ClNO3S. The smallest absolute Gasteiger partial charge is 0.262 e. The zero-order valence-corrected chi connectivity index (χ0v) is 8.69. The Hall–Kier alpha value is -0.810. The largest absolute Gasteiger partial charge is 0.347 e. The van der Waals surface area contributed by atoms with Crippen molar-refractivity contribution < 1.29 is 13.2 Å². The predicted molar refractivity (Wildman–Crippen MR) is 48.5 cm³/mol. The first-order valence-corrected chi connectivity index (χ1v) is 5.75. The fourth-order valence-corrected chi connectivity index (χ4v) is 1.81. The van der Waals surface area contributed by atoms with E-state index in [2.05, 4.69) is 0 Å². The average molecular weight is 222 g/mol. The molecule has 0 aliphatic rings. The first-order valence-electron chi connectivity index (χ1n) is 3.44. The molecule has 0 saturated heterocycles. The lowest BCUT2D eigenvalue weighted by atomic mass is 10.3. The molecule has 1 aromatic heterocycles. The second-order valence-corrected chi connectivity index (χ2v) is 5.23. The zero-order chi connectivity index (χ0) is 10.2. The second kappa shape index (κ2) is 3.16. The minimum atomic E-state index is -3.74. The molecule has 4 nitrogen and oxygen atoms in total. The number of aromatic nitrogens is 1. The van der Waals surface area contributed by atoms with Crippen molar-refractivity contribution in [3.8, 4) is 0 Å². The summed E-state index contributed by atoms with van der Waals surface area (Å²) in [6.07, 6.45) is 1.30. The third-order valence-corrected chi connectivity index (χ3v) is 2.94. The Bertz CT molecular complexity index is 446. The first-order chi connectivity index (χ1) is 5.82. The molecule has 72 valence electrons. The van der Waals surface area contributed by atoms with Crippen LogP contribution < -0.4 is 0 Å². The van der Waals surface area contributed by atoms with Crippen LogP contribution in [0.15, 0.2) is 17.2 Å². The molecule has 0 N–H and O–H groups in total. The topological polar surface area (TPSA) is 56.1 Å². The van der Waals surface area contributed by atoms with Crippen molar-refractivity contribution in [2.45, 2.75) is 11.8 Å². The molecule has 1 rings (SSSR count). The third kappa shape index (κ3) is 2.10. The van der Waals surface area contributed by atoms with Crippen LogP contribution in [0.4, 0.5) is 0 Å². The van der Waals surface area contributed by atoms with Crippen molar-refractivity contribution >= 4 is 25.5 Å². The lowest BCUT2D eigenvalue weighted by molar-refractivity contribution is 0.101. The van der Waals surface area contributed by atoms with Gasteiger partial charge in [-0.25, -0.2) is 8.42 Å². The molecule has 0 radical (unpaired) electrons. The van der Waals surface area contributed by atoms with Gasteiger partial charge in [-0.1, -0.05) is 0 Å². The van der Waals surface area contributed by atoms with Gasteiger partial charge >= 0.3 is 0 Å². The van der Waals surface area contributed by atoms with E-state index in [0.717, 1.165) is 0 Å². The summed E-state index contributed by atoms with van der Waals surface area (Å²) >= 11 is 0. The molecule has 0 atom stereocenters. The number of hydrogen-bond donors (Lipinski definition) is 0.